The first-order valence-electron chi connectivity index (χ1n) is 9.98. The molecule has 0 radical (unpaired) electrons. The van der Waals surface area contributed by atoms with Crippen LogP contribution in [0.2, 0.25) is 0 Å². The second-order valence-electron chi connectivity index (χ2n) is 7.19. The van der Waals surface area contributed by atoms with E-state index >= 15 is 0 Å². The van der Waals surface area contributed by atoms with Crippen molar-refractivity contribution in [2.24, 2.45) is 5.14 Å². The lowest BCUT2D eigenvalue weighted by Gasteiger charge is -2.26. The zero-order valence-corrected chi connectivity index (χ0v) is 18.9. The molecule has 0 atom stereocenters. The van der Waals surface area contributed by atoms with Gasteiger partial charge in [0, 0.05) is 5.56 Å². The van der Waals surface area contributed by atoms with Gasteiger partial charge in [-0.05, 0) is 53.6 Å². The SMILES string of the molecule is COc1ccc(-c2cc(N(Cc3ccc(OS(N)(=O)=O)cc3)n3cnnc3)ccc2C#N)cc1. The minimum atomic E-state index is -4.10. The second kappa shape index (κ2) is 9.62. The third-order valence-electron chi connectivity index (χ3n) is 4.98. The molecule has 0 aliphatic carbocycles. The average molecular weight is 477 g/mol. The molecular formula is C23H20N6O4S. The second-order valence-corrected chi connectivity index (χ2v) is 8.34. The molecule has 0 amide bonds. The Morgan fingerprint density at radius 2 is 1.65 bits per heavy atom. The van der Waals surface area contributed by atoms with Crippen molar-refractivity contribution >= 4 is 16.0 Å². The fourth-order valence-electron chi connectivity index (χ4n) is 3.38. The normalized spacial score (nSPS) is 11.0. The number of ether oxygens (including phenoxy) is 1. The van der Waals surface area contributed by atoms with E-state index in [0.29, 0.717) is 12.1 Å². The Kier molecular flexibility index (Phi) is 6.44. The predicted octanol–water partition coefficient (Wildman–Crippen LogP) is 2.88. The minimum absolute atomic E-state index is 0.113. The molecule has 4 rings (SSSR count). The summed E-state index contributed by atoms with van der Waals surface area (Å²) in [6.45, 7) is 0.391. The fourth-order valence-corrected chi connectivity index (χ4v) is 3.76. The Morgan fingerprint density at radius 1 is 1.00 bits per heavy atom. The molecular weight excluding hydrogens is 456 g/mol. The van der Waals surface area contributed by atoms with Gasteiger partial charge in [0.05, 0.1) is 31.0 Å². The number of aromatic nitrogens is 3. The van der Waals surface area contributed by atoms with Crippen molar-refractivity contribution in [1.29, 1.82) is 5.26 Å². The monoisotopic (exact) mass is 476 g/mol. The molecule has 0 unspecified atom stereocenters. The first kappa shape index (κ1) is 22.8. The molecule has 11 heteroatoms. The lowest BCUT2D eigenvalue weighted by Crippen LogP contribution is -2.28. The van der Waals surface area contributed by atoms with Crippen LogP contribution < -0.4 is 19.1 Å². The fraction of sp³-hybridized carbons (Fsp3) is 0.0870. The molecule has 0 aliphatic rings. The van der Waals surface area contributed by atoms with E-state index in [-0.39, 0.29) is 5.75 Å². The van der Waals surface area contributed by atoms with E-state index in [1.165, 1.54) is 12.1 Å². The summed E-state index contributed by atoms with van der Waals surface area (Å²) in [7, 11) is -2.50. The molecule has 1 aromatic heterocycles. The van der Waals surface area contributed by atoms with E-state index in [0.717, 1.165) is 28.1 Å². The van der Waals surface area contributed by atoms with Crippen LogP contribution in [-0.4, -0.2) is 30.4 Å². The molecule has 10 nitrogen and oxygen atoms in total. The summed E-state index contributed by atoms with van der Waals surface area (Å²) in [6.07, 6.45) is 3.12. The van der Waals surface area contributed by atoms with E-state index in [9.17, 15) is 13.7 Å². The number of hydrogen-bond acceptors (Lipinski definition) is 8. The van der Waals surface area contributed by atoms with E-state index in [1.54, 1.807) is 42.6 Å². The van der Waals surface area contributed by atoms with Gasteiger partial charge in [-0.25, -0.2) is 4.68 Å². The molecule has 0 spiro atoms. The van der Waals surface area contributed by atoms with E-state index in [2.05, 4.69) is 16.3 Å². The summed E-state index contributed by atoms with van der Waals surface area (Å²) in [4.78, 5) is 0. The number of anilines is 1. The van der Waals surface area contributed by atoms with Crippen molar-refractivity contribution in [2.45, 2.75) is 6.54 Å². The third-order valence-corrected chi connectivity index (χ3v) is 5.40. The molecule has 2 N–H and O–H groups in total. The number of hydrogen-bond donors (Lipinski definition) is 1. The van der Waals surface area contributed by atoms with Gasteiger partial charge in [0.2, 0.25) is 0 Å². The van der Waals surface area contributed by atoms with Gasteiger partial charge >= 0.3 is 10.3 Å². The highest BCUT2D eigenvalue weighted by atomic mass is 32.2. The molecule has 4 aromatic rings. The quantitative estimate of drug-likeness (QED) is 0.410. The van der Waals surface area contributed by atoms with Gasteiger partial charge in [-0.3, -0.25) is 5.01 Å². The molecule has 3 aromatic carbocycles. The summed E-state index contributed by atoms with van der Waals surface area (Å²) >= 11 is 0. The van der Waals surface area contributed by atoms with Gasteiger partial charge in [0.15, 0.2) is 0 Å². The zero-order chi connectivity index (χ0) is 24.1. The smallest absolute Gasteiger partial charge is 0.380 e. The van der Waals surface area contributed by atoms with Gasteiger partial charge in [0.1, 0.15) is 24.2 Å². The van der Waals surface area contributed by atoms with E-state index in [4.69, 9.17) is 14.1 Å². The van der Waals surface area contributed by atoms with Gasteiger partial charge in [-0.1, -0.05) is 24.3 Å². The molecule has 0 saturated carbocycles. The average Bonchev–Trinajstić information content (AvgIpc) is 3.37. The number of benzene rings is 3. The molecule has 1 heterocycles. The van der Waals surface area contributed by atoms with Crippen molar-refractivity contribution < 1.29 is 17.3 Å². The first-order valence-corrected chi connectivity index (χ1v) is 11.5. The van der Waals surface area contributed by atoms with Gasteiger partial charge in [-0.15, -0.1) is 10.2 Å². The van der Waals surface area contributed by atoms with Crippen LogP contribution in [0.4, 0.5) is 5.69 Å². The molecule has 0 aliphatic heterocycles. The maximum Gasteiger partial charge on any atom is 0.380 e. The van der Waals surface area contributed by atoms with Gasteiger partial charge in [0.25, 0.3) is 0 Å². The molecule has 0 fully saturated rings. The van der Waals surface area contributed by atoms with Gasteiger partial charge in [-0.2, -0.15) is 18.8 Å². The van der Waals surface area contributed by atoms with Crippen molar-refractivity contribution in [3.8, 4) is 28.7 Å². The summed E-state index contributed by atoms with van der Waals surface area (Å²) < 4.78 is 33.9. The van der Waals surface area contributed by atoms with Gasteiger partial charge < -0.3 is 8.92 Å². The molecule has 0 saturated heterocycles. The Bertz CT molecular complexity index is 1410. The Balaban J connectivity index is 1.70. The maximum absolute atomic E-state index is 11.1. The summed E-state index contributed by atoms with van der Waals surface area (Å²) in [5, 5.41) is 24.3. The van der Waals surface area contributed by atoms with Crippen LogP contribution in [0.5, 0.6) is 11.5 Å². The van der Waals surface area contributed by atoms with Crippen molar-refractivity contribution in [2.75, 3.05) is 12.1 Å². The van der Waals surface area contributed by atoms with Crippen LogP contribution in [-0.2, 0) is 16.8 Å². The van der Waals surface area contributed by atoms with Crippen LogP contribution >= 0.6 is 0 Å². The van der Waals surface area contributed by atoms with E-state index in [1.807, 2.05) is 41.4 Å². The zero-order valence-electron chi connectivity index (χ0n) is 18.1. The Morgan fingerprint density at radius 3 is 2.24 bits per heavy atom. The predicted molar refractivity (Wildman–Crippen MR) is 125 cm³/mol. The van der Waals surface area contributed by atoms with E-state index < -0.39 is 10.3 Å². The molecule has 0 bridgehead atoms. The highest BCUT2D eigenvalue weighted by molar-refractivity contribution is 7.84. The number of nitrogens with zero attached hydrogens (tertiary/aromatic N) is 5. The summed E-state index contributed by atoms with van der Waals surface area (Å²) in [5.74, 6) is 0.835. The van der Waals surface area contributed by atoms with Crippen LogP contribution in [0.3, 0.4) is 0 Å². The standard InChI is InChI=1S/C23H20N6O4S/c1-32-21-10-5-18(6-11-21)23-12-20(7-4-19(23)13-24)29(28-15-26-27-16-28)14-17-2-8-22(9-3-17)33-34(25,30)31/h2-12,15-16H,14H2,1H3,(H2,25,30,31). The Hall–Kier alpha value is -4.40. The topological polar surface area (TPSA) is 136 Å². The molecule has 172 valence electrons. The van der Waals surface area contributed by atoms with Crippen LogP contribution in [0.1, 0.15) is 11.1 Å². The summed E-state index contributed by atoms with van der Waals surface area (Å²) in [5.41, 5.74) is 3.80. The van der Waals surface area contributed by atoms with Crippen LogP contribution in [0.25, 0.3) is 11.1 Å². The Labute approximate surface area is 196 Å². The highest BCUT2D eigenvalue weighted by Gasteiger charge is 2.15. The first-order chi connectivity index (χ1) is 16.4. The number of nitrogens with two attached hydrogens (primary N) is 1. The van der Waals surface area contributed by atoms with Crippen molar-refractivity contribution in [3.05, 3.63) is 90.5 Å². The largest absolute Gasteiger partial charge is 0.497 e. The lowest BCUT2D eigenvalue weighted by molar-refractivity contribution is 0.415. The highest BCUT2D eigenvalue weighted by Crippen LogP contribution is 2.31. The van der Waals surface area contributed by atoms with Crippen LogP contribution in [0.15, 0.2) is 79.4 Å². The number of rotatable bonds is 8. The lowest BCUT2D eigenvalue weighted by atomic mass is 9.99. The third kappa shape index (κ3) is 5.32. The number of methoxy groups -OCH3 is 1. The maximum atomic E-state index is 11.1. The van der Waals surface area contributed by atoms with Crippen molar-refractivity contribution in [1.82, 2.24) is 14.9 Å². The van der Waals surface area contributed by atoms with Crippen molar-refractivity contribution in [3.63, 3.8) is 0 Å². The molecule has 34 heavy (non-hydrogen) atoms. The number of nitriles is 1. The minimum Gasteiger partial charge on any atom is -0.497 e. The summed E-state index contributed by atoms with van der Waals surface area (Å²) in [6, 6.07) is 21.7. The van der Waals surface area contributed by atoms with Crippen LogP contribution in [0, 0.1) is 11.3 Å².